The Morgan fingerprint density at radius 3 is 2.34 bits per heavy atom. The molecular formula is C21H21F3N2O3. The Hall–Kier alpha value is -2.77. The quantitative estimate of drug-likeness (QED) is 0.781. The molecule has 2 unspecified atom stereocenters. The first-order chi connectivity index (χ1) is 13.7. The van der Waals surface area contributed by atoms with E-state index in [1.807, 2.05) is 0 Å². The van der Waals surface area contributed by atoms with Gasteiger partial charge in [0.1, 0.15) is 5.76 Å². The third-order valence-corrected chi connectivity index (χ3v) is 5.58. The van der Waals surface area contributed by atoms with Gasteiger partial charge < -0.3 is 14.2 Å². The van der Waals surface area contributed by atoms with Crippen LogP contribution in [0.15, 0.2) is 40.8 Å². The Morgan fingerprint density at radius 2 is 1.72 bits per heavy atom. The van der Waals surface area contributed by atoms with Gasteiger partial charge in [-0.1, -0.05) is 18.2 Å². The number of furan rings is 1. The van der Waals surface area contributed by atoms with Crippen LogP contribution in [0.3, 0.4) is 0 Å². The highest BCUT2D eigenvalue weighted by atomic mass is 19.4. The number of aryl methyl sites for hydroxylation is 1. The summed E-state index contributed by atoms with van der Waals surface area (Å²) in [5.74, 6) is 0.251. The molecule has 4 rings (SSSR count). The van der Waals surface area contributed by atoms with Crippen molar-refractivity contribution >= 4 is 11.8 Å². The summed E-state index contributed by atoms with van der Waals surface area (Å²) in [5, 5.41) is 0. The number of piperazine rings is 1. The Kier molecular flexibility index (Phi) is 4.88. The van der Waals surface area contributed by atoms with Crippen molar-refractivity contribution < 1.29 is 27.2 Å². The Labute approximate surface area is 166 Å². The first-order valence-corrected chi connectivity index (χ1v) is 9.55. The highest BCUT2D eigenvalue weighted by molar-refractivity contribution is 5.92. The molecule has 2 amide bonds. The van der Waals surface area contributed by atoms with Crippen molar-refractivity contribution in [2.24, 2.45) is 5.92 Å². The second-order valence-electron chi connectivity index (χ2n) is 7.60. The highest BCUT2D eigenvalue weighted by Crippen LogP contribution is 2.49. The average molecular weight is 406 g/mol. The summed E-state index contributed by atoms with van der Waals surface area (Å²) in [6.07, 6.45) is -3.83. The molecule has 154 valence electrons. The molecule has 1 saturated heterocycles. The molecule has 5 nitrogen and oxygen atoms in total. The third kappa shape index (κ3) is 4.02. The van der Waals surface area contributed by atoms with Crippen molar-refractivity contribution in [1.29, 1.82) is 0 Å². The molecule has 2 aromatic rings. The molecule has 29 heavy (non-hydrogen) atoms. The maximum atomic E-state index is 12.9. The minimum atomic E-state index is -4.39. The van der Waals surface area contributed by atoms with Gasteiger partial charge in [0.15, 0.2) is 5.76 Å². The number of alkyl halides is 3. The molecule has 1 aromatic carbocycles. The van der Waals surface area contributed by atoms with Crippen LogP contribution in [0.1, 0.15) is 39.8 Å². The molecule has 1 aliphatic heterocycles. The minimum Gasteiger partial charge on any atom is -0.456 e. The first-order valence-electron chi connectivity index (χ1n) is 9.55. The van der Waals surface area contributed by atoms with Crippen LogP contribution in [0.25, 0.3) is 0 Å². The molecule has 2 heterocycles. The Morgan fingerprint density at radius 1 is 1.03 bits per heavy atom. The summed E-state index contributed by atoms with van der Waals surface area (Å²) in [5.41, 5.74) is -0.131. The molecule has 0 radical (unpaired) electrons. The normalized spacial score (nSPS) is 21.9. The SMILES string of the molecule is Cc1ccc(C(=O)N2CCN(C(=O)C3CC3c3cccc(C(F)(F)F)c3)CC2)o1. The number of benzene rings is 1. The van der Waals surface area contributed by atoms with Gasteiger partial charge in [-0.2, -0.15) is 13.2 Å². The zero-order valence-electron chi connectivity index (χ0n) is 15.9. The molecule has 2 fully saturated rings. The van der Waals surface area contributed by atoms with Crippen LogP contribution in [-0.4, -0.2) is 47.8 Å². The number of nitrogens with zero attached hydrogens (tertiary/aromatic N) is 2. The third-order valence-electron chi connectivity index (χ3n) is 5.58. The van der Waals surface area contributed by atoms with Crippen LogP contribution in [0.5, 0.6) is 0 Å². The number of amides is 2. The van der Waals surface area contributed by atoms with Gasteiger partial charge in [-0.25, -0.2) is 0 Å². The molecule has 2 atom stereocenters. The van der Waals surface area contributed by atoms with Crippen molar-refractivity contribution in [3.63, 3.8) is 0 Å². The van der Waals surface area contributed by atoms with Crippen LogP contribution in [-0.2, 0) is 11.0 Å². The second kappa shape index (κ2) is 7.24. The van der Waals surface area contributed by atoms with E-state index in [2.05, 4.69) is 0 Å². The van der Waals surface area contributed by atoms with Crippen LogP contribution in [0, 0.1) is 12.8 Å². The largest absolute Gasteiger partial charge is 0.456 e. The Bertz CT molecular complexity index is 929. The predicted molar refractivity (Wildman–Crippen MR) is 98.2 cm³/mol. The van der Waals surface area contributed by atoms with Crippen molar-refractivity contribution in [3.05, 3.63) is 59.0 Å². The van der Waals surface area contributed by atoms with E-state index in [1.54, 1.807) is 34.9 Å². The highest BCUT2D eigenvalue weighted by Gasteiger charge is 2.46. The Balaban J connectivity index is 1.34. The van der Waals surface area contributed by atoms with E-state index < -0.39 is 11.7 Å². The lowest BCUT2D eigenvalue weighted by atomic mass is 10.0. The predicted octanol–water partition coefficient (Wildman–Crippen LogP) is 3.69. The lowest BCUT2D eigenvalue weighted by Gasteiger charge is -2.34. The second-order valence-corrected chi connectivity index (χ2v) is 7.60. The van der Waals surface area contributed by atoms with E-state index in [1.165, 1.54) is 6.07 Å². The number of hydrogen-bond donors (Lipinski definition) is 0. The maximum Gasteiger partial charge on any atom is 0.416 e. The fourth-order valence-corrected chi connectivity index (χ4v) is 3.85. The smallest absolute Gasteiger partial charge is 0.416 e. The molecule has 2 aliphatic rings. The van der Waals surface area contributed by atoms with Crippen molar-refractivity contribution in [2.75, 3.05) is 26.2 Å². The van der Waals surface area contributed by atoms with Gasteiger partial charge in [-0.15, -0.1) is 0 Å². The van der Waals surface area contributed by atoms with Gasteiger partial charge in [-0.3, -0.25) is 9.59 Å². The van der Waals surface area contributed by atoms with Crippen molar-refractivity contribution in [3.8, 4) is 0 Å². The molecule has 0 spiro atoms. The van der Waals surface area contributed by atoms with E-state index >= 15 is 0 Å². The minimum absolute atomic E-state index is 0.0478. The van der Waals surface area contributed by atoms with Gasteiger partial charge in [0.25, 0.3) is 5.91 Å². The molecule has 1 saturated carbocycles. The number of halogens is 3. The fourth-order valence-electron chi connectivity index (χ4n) is 3.85. The van der Waals surface area contributed by atoms with Crippen LogP contribution in [0.2, 0.25) is 0 Å². The first kappa shape index (κ1) is 19.5. The fraction of sp³-hybridized carbons (Fsp3) is 0.429. The number of carbonyl (C=O) groups excluding carboxylic acids is 2. The van der Waals surface area contributed by atoms with Gasteiger partial charge >= 0.3 is 6.18 Å². The van der Waals surface area contributed by atoms with Gasteiger partial charge in [0.2, 0.25) is 5.91 Å². The van der Waals surface area contributed by atoms with Crippen LogP contribution < -0.4 is 0 Å². The van der Waals surface area contributed by atoms with Gasteiger partial charge in [-0.05, 0) is 43.0 Å². The molecule has 8 heteroatoms. The van der Waals surface area contributed by atoms with Crippen molar-refractivity contribution in [2.45, 2.75) is 25.4 Å². The molecule has 0 N–H and O–H groups in total. The molecular weight excluding hydrogens is 385 g/mol. The molecule has 0 bridgehead atoms. The average Bonchev–Trinajstić information content (AvgIpc) is 3.40. The molecule has 1 aromatic heterocycles. The lowest BCUT2D eigenvalue weighted by Crippen LogP contribution is -2.51. The summed E-state index contributed by atoms with van der Waals surface area (Å²) in [6.45, 7) is 3.41. The van der Waals surface area contributed by atoms with E-state index in [0.717, 1.165) is 12.1 Å². The van der Waals surface area contributed by atoms with Crippen LogP contribution >= 0.6 is 0 Å². The topological polar surface area (TPSA) is 53.8 Å². The van der Waals surface area contributed by atoms with Gasteiger partial charge in [0.05, 0.1) is 5.56 Å². The van der Waals surface area contributed by atoms with Crippen LogP contribution in [0.4, 0.5) is 13.2 Å². The van der Waals surface area contributed by atoms with E-state index in [0.29, 0.717) is 43.9 Å². The lowest BCUT2D eigenvalue weighted by molar-refractivity contribution is -0.137. The summed E-state index contributed by atoms with van der Waals surface area (Å²) in [6, 6.07) is 8.58. The van der Waals surface area contributed by atoms with E-state index in [9.17, 15) is 22.8 Å². The summed E-state index contributed by atoms with van der Waals surface area (Å²) < 4.78 is 44.1. The number of hydrogen-bond acceptors (Lipinski definition) is 3. The molecule has 1 aliphatic carbocycles. The van der Waals surface area contributed by atoms with Gasteiger partial charge in [0, 0.05) is 32.1 Å². The van der Waals surface area contributed by atoms with Crippen molar-refractivity contribution in [1.82, 2.24) is 9.80 Å². The zero-order valence-corrected chi connectivity index (χ0v) is 15.9. The zero-order chi connectivity index (χ0) is 20.8. The summed E-state index contributed by atoms with van der Waals surface area (Å²) in [4.78, 5) is 28.5. The van der Waals surface area contributed by atoms with E-state index in [4.69, 9.17) is 4.42 Å². The van der Waals surface area contributed by atoms with E-state index in [-0.39, 0.29) is 29.4 Å². The monoisotopic (exact) mass is 406 g/mol. The summed E-state index contributed by atoms with van der Waals surface area (Å²) >= 11 is 0. The maximum absolute atomic E-state index is 12.9. The number of carbonyl (C=O) groups is 2. The number of rotatable bonds is 3. The standard InChI is InChI=1S/C21H21F3N2O3/c1-13-5-6-18(29-13)20(28)26-9-7-25(8-10-26)19(27)17-12-16(17)14-3-2-4-15(11-14)21(22,23)24/h2-6,11,16-17H,7-10,12H2,1H3. The summed E-state index contributed by atoms with van der Waals surface area (Å²) in [7, 11) is 0.